The Kier molecular flexibility index (Phi) is 5.61. The van der Waals surface area contributed by atoms with Crippen molar-refractivity contribution >= 4 is 29.1 Å². The molecule has 8 nitrogen and oxygen atoms in total. The van der Waals surface area contributed by atoms with E-state index in [1.807, 2.05) is 0 Å². The van der Waals surface area contributed by atoms with E-state index in [-0.39, 0.29) is 36.4 Å². The molecule has 0 aliphatic carbocycles. The molecule has 0 atom stereocenters. The molecule has 8 heteroatoms. The summed E-state index contributed by atoms with van der Waals surface area (Å²) in [6.45, 7) is 0. The quantitative estimate of drug-likeness (QED) is 0.613. The van der Waals surface area contributed by atoms with Crippen LogP contribution in [0.5, 0.6) is 17.4 Å². The summed E-state index contributed by atoms with van der Waals surface area (Å²) >= 11 is 0. The first-order valence-corrected chi connectivity index (χ1v) is 9.59. The summed E-state index contributed by atoms with van der Waals surface area (Å²) in [5.74, 6) is 0.627. The Labute approximate surface area is 178 Å². The Morgan fingerprint density at radius 1 is 0.935 bits per heavy atom. The zero-order valence-corrected chi connectivity index (χ0v) is 16.7. The van der Waals surface area contributed by atoms with Crippen LogP contribution in [0.25, 0.3) is 0 Å². The van der Waals surface area contributed by atoms with Crippen LogP contribution in [0.15, 0.2) is 66.9 Å². The number of nitrogens with zero attached hydrogens (tertiary/aromatic N) is 2. The fraction of sp³-hybridized carbons (Fsp3) is 0.130. The molecule has 2 aromatic carbocycles. The highest BCUT2D eigenvalue weighted by molar-refractivity contribution is 6.20. The van der Waals surface area contributed by atoms with Crippen molar-refractivity contribution in [3.63, 3.8) is 0 Å². The van der Waals surface area contributed by atoms with Crippen molar-refractivity contribution in [2.24, 2.45) is 0 Å². The van der Waals surface area contributed by atoms with Gasteiger partial charge in [-0.25, -0.2) is 4.98 Å². The average molecular weight is 417 g/mol. The van der Waals surface area contributed by atoms with Crippen molar-refractivity contribution in [1.82, 2.24) is 4.98 Å². The number of methoxy groups -OCH3 is 1. The van der Waals surface area contributed by atoms with E-state index in [0.29, 0.717) is 28.4 Å². The number of aromatic nitrogens is 1. The number of pyridine rings is 1. The largest absolute Gasteiger partial charge is 0.497 e. The molecule has 0 spiro atoms. The van der Waals surface area contributed by atoms with Crippen LogP contribution in [0.4, 0.5) is 11.4 Å². The van der Waals surface area contributed by atoms with Gasteiger partial charge in [0.1, 0.15) is 17.2 Å². The van der Waals surface area contributed by atoms with E-state index in [1.165, 1.54) is 0 Å². The lowest BCUT2D eigenvalue weighted by molar-refractivity contribution is -0.121. The number of hydrogen-bond acceptors (Lipinski definition) is 6. The van der Waals surface area contributed by atoms with Crippen LogP contribution in [-0.4, -0.2) is 29.8 Å². The Bertz CT molecular complexity index is 1110. The van der Waals surface area contributed by atoms with Crippen LogP contribution in [0.1, 0.15) is 23.2 Å². The zero-order chi connectivity index (χ0) is 21.8. The van der Waals surface area contributed by atoms with Crippen molar-refractivity contribution in [3.8, 4) is 17.4 Å². The second kappa shape index (κ2) is 8.66. The molecule has 31 heavy (non-hydrogen) atoms. The van der Waals surface area contributed by atoms with Gasteiger partial charge in [0.2, 0.25) is 17.7 Å². The van der Waals surface area contributed by atoms with Crippen LogP contribution in [0, 0.1) is 0 Å². The van der Waals surface area contributed by atoms with Crippen LogP contribution in [0.2, 0.25) is 0 Å². The molecule has 3 amide bonds. The summed E-state index contributed by atoms with van der Waals surface area (Å²) in [6, 6.07) is 16.6. The van der Waals surface area contributed by atoms with E-state index < -0.39 is 0 Å². The number of anilines is 2. The van der Waals surface area contributed by atoms with Gasteiger partial charge < -0.3 is 14.8 Å². The summed E-state index contributed by atoms with van der Waals surface area (Å²) < 4.78 is 10.9. The molecule has 1 fully saturated rings. The third kappa shape index (κ3) is 4.37. The number of imide groups is 1. The molecule has 1 aliphatic rings. The molecule has 3 aromatic rings. The maximum Gasteiger partial charge on any atom is 0.255 e. The fourth-order valence-corrected chi connectivity index (χ4v) is 3.14. The van der Waals surface area contributed by atoms with E-state index in [2.05, 4.69) is 10.3 Å². The predicted octanol–water partition coefficient (Wildman–Crippen LogP) is 3.79. The number of ether oxygens (including phenoxy) is 2. The van der Waals surface area contributed by atoms with Crippen molar-refractivity contribution in [2.45, 2.75) is 12.8 Å². The van der Waals surface area contributed by atoms with Crippen LogP contribution >= 0.6 is 0 Å². The van der Waals surface area contributed by atoms with E-state index >= 15 is 0 Å². The Balaban J connectivity index is 1.48. The van der Waals surface area contributed by atoms with Crippen molar-refractivity contribution in [2.75, 3.05) is 17.3 Å². The molecule has 1 N–H and O–H groups in total. The summed E-state index contributed by atoms with van der Waals surface area (Å²) in [4.78, 5) is 41.8. The molecule has 0 radical (unpaired) electrons. The third-order valence-corrected chi connectivity index (χ3v) is 4.73. The number of amides is 3. The molecule has 0 bridgehead atoms. The van der Waals surface area contributed by atoms with Gasteiger partial charge in [-0.05, 0) is 60.7 Å². The van der Waals surface area contributed by atoms with Crippen LogP contribution in [0.3, 0.4) is 0 Å². The third-order valence-electron chi connectivity index (χ3n) is 4.73. The topological polar surface area (TPSA) is 97.8 Å². The van der Waals surface area contributed by atoms with Gasteiger partial charge in [0, 0.05) is 24.6 Å². The standard InChI is InChI=1S/C23H19N3O5/c1-30-17-8-10-18(11-9-17)31-23-19(3-2-14-24-23)25-22(29)15-4-6-16(7-5-15)26-20(27)12-13-21(26)28/h2-11,14H,12-13H2,1H3,(H,25,29). The Morgan fingerprint density at radius 2 is 1.58 bits per heavy atom. The highest BCUT2D eigenvalue weighted by atomic mass is 16.5. The lowest BCUT2D eigenvalue weighted by Gasteiger charge is -2.14. The second-order valence-electron chi connectivity index (χ2n) is 6.76. The lowest BCUT2D eigenvalue weighted by Crippen LogP contribution is -2.28. The minimum absolute atomic E-state index is 0.207. The van der Waals surface area contributed by atoms with Crippen LogP contribution in [-0.2, 0) is 9.59 Å². The summed E-state index contributed by atoms with van der Waals surface area (Å²) in [6.07, 6.45) is 1.98. The maximum absolute atomic E-state index is 12.7. The Morgan fingerprint density at radius 3 is 2.23 bits per heavy atom. The molecule has 1 aliphatic heterocycles. The SMILES string of the molecule is COc1ccc(Oc2ncccc2NC(=O)c2ccc(N3C(=O)CCC3=O)cc2)cc1. The first-order chi connectivity index (χ1) is 15.0. The lowest BCUT2D eigenvalue weighted by atomic mass is 10.2. The van der Waals surface area contributed by atoms with Gasteiger partial charge in [-0.3, -0.25) is 19.3 Å². The number of hydrogen-bond donors (Lipinski definition) is 1. The highest BCUT2D eigenvalue weighted by Crippen LogP contribution is 2.29. The summed E-state index contributed by atoms with van der Waals surface area (Å²) in [5, 5.41) is 2.78. The molecular formula is C23H19N3O5. The van der Waals surface area contributed by atoms with Gasteiger partial charge in [-0.2, -0.15) is 0 Å². The minimum Gasteiger partial charge on any atom is -0.497 e. The first kappa shape index (κ1) is 20.1. The van der Waals surface area contributed by atoms with E-state index in [1.54, 1.807) is 74.0 Å². The predicted molar refractivity (Wildman–Crippen MR) is 113 cm³/mol. The first-order valence-electron chi connectivity index (χ1n) is 9.59. The van der Waals surface area contributed by atoms with Gasteiger partial charge in [-0.15, -0.1) is 0 Å². The van der Waals surface area contributed by atoms with E-state index in [9.17, 15) is 14.4 Å². The summed E-state index contributed by atoms with van der Waals surface area (Å²) in [5.41, 5.74) is 1.22. The van der Waals surface area contributed by atoms with Crippen molar-refractivity contribution in [1.29, 1.82) is 0 Å². The second-order valence-corrected chi connectivity index (χ2v) is 6.76. The molecule has 2 heterocycles. The zero-order valence-electron chi connectivity index (χ0n) is 16.7. The van der Waals surface area contributed by atoms with Crippen LogP contribution < -0.4 is 19.7 Å². The summed E-state index contributed by atoms with van der Waals surface area (Å²) in [7, 11) is 1.58. The normalized spacial score (nSPS) is 13.3. The Hall–Kier alpha value is -4.20. The molecule has 0 unspecified atom stereocenters. The monoisotopic (exact) mass is 417 g/mol. The van der Waals surface area contributed by atoms with Gasteiger partial charge in [0.15, 0.2) is 0 Å². The average Bonchev–Trinajstić information content (AvgIpc) is 3.13. The number of carbonyl (C=O) groups excluding carboxylic acids is 3. The van der Waals surface area contributed by atoms with Gasteiger partial charge in [-0.1, -0.05) is 0 Å². The van der Waals surface area contributed by atoms with Crippen molar-refractivity contribution in [3.05, 3.63) is 72.4 Å². The van der Waals surface area contributed by atoms with Crippen molar-refractivity contribution < 1.29 is 23.9 Å². The maximum atomic E-state index is 12.7. The molecular weight excluding hydrogens is 398 g/mol. The van der Waals surface area contributed by atoms with Gasteiger partial charge in [0.05, 0.1) is 12.8 Å². The number of carbonyl (C=O) groups is 3. The smallest absolute Gasteiger partial charge is 0.255 e. The fourth-order valence-electron chi connectivity index (χ4n) is 3.14. The molecule has 156 valence electrons. The molecule has 1 aromatic heterocycles. The molecule has 4 rings (SSSR count). The number of benzene rings is 2. The molecule has 1 saturated heterocycles. The number of nitrogens with one attached hydrogen (secondary N) is 1. The van der Waals surface area contributed by atoms with E-state index in [0.717, 1.165) is 4.90 Å². The molecule has 0 saturated carbocycles. The van der Waals surface area contributed by atoms with Gasteiger partial charge >= 0.3 is 0 Å². The van der Waals surface area contributed by atoms with E-state index in [4.69, 9.17) is 9.47 Å². The number of rotatable bonds is 6. The highest BCUT2D eigenvalue weighted by Gasteiger charge is 2.30. The minimum atomic E-state index is -0.377. The van der Waals surface area contributed by atoms with Gasteiger partial charge in [0.25, 0.3) is 5.91 Å².